The standard InChI is InChI=1S/C9H11ClN2O2/c10-6-1-2-8(13)7(5-6)9(14)12-4-3-11/h1-2,5,13H,3-4,11H2,(H,12,14). The molecule has 14 heavy (non-hydrogen) atoms. The van der Waals surface area contributed by atoms with Crippen LogP contribution in [0.25, 0.3) is 0 Å². The predicted octanol–water partition coefficient (Wildman–Crippen LogP) is 0.734. The van der Waals surface area contributed by atoms with Gasteiger partial charge in [-0.1, -0.05) is 11.6 Å². The summed E-state index contributed by atoms with van der Waals surface area (Å²) in [6.45, 7) is 0.720. The fourth-order valence-electron chi connectivity index (χ4n) is 0.971. The van der Waals surface area contributed by atoms with E-state index in [0.717, 1.165) is 0 Å². The topological polar surface area (TPSA) is 75.3 Å². The number of aromatic hydroxyl groups is 1. The molecule has 0 aromatic heterocycles. The average molecular weight is 215 g/mol. The first kappa shape index (κ1) is 10.8. The Hall–Kier alpha value is -1.26. The third kappa shape index (κ3) is 2.61. The molecule has 0 aliphatic carbocycles. The zero-order chi connectivity index (χ0) is 10.6. The second kappa shape index (κ2) is 4.83. The lowest BCUT2D eigenvalue weighted by Crippen LogP contribution is -2.29. The van der Waals surface area contributed by atoms with Crippen LogP contribution in [0.1, 0.15) is 10.4 Å². The van der Waals surface area contributed by atoms with Gasteiger partial charge in [0.1, 0.15) is 5.75 Å². The van der Waals surface area contributed by atoms with Crippen molar-refractivity contribution in [2.75, 3.05) is 13.1 Å². The molecule has 0 saturated carbocycles. The van der Waals surface area contributed by atoms with Gasteiger partial charge in [0.05, 0.1) is 5.56 Å². The number of rotatable bonds is 3. The van der Waals surface area contributed by atoms with E-state index in [0.29, 0.717) is 18.1 Å². The second-order valence-corrected chi connectivity index (χ2v) is 3.14. The van der Waals surface area contributed by atoms with Crippen molar-refractivity contribution in [3.8, 4) is 5.75 Å². The summed E-state index contributed by atoms with van der Waals surface area (Å²) in [6, 6.07) is 4.29. The number of phenols is 1. The largest absolute Gasteiger partial charge is 0.507 e. The molecular weight excluding hydrogens is 204 g/mol. The maximum absolute atomic E-state index is 11.4. The van der Waals surface area contributed by atoms with Crippen molar-refractivity contribution < 1.29 is 9.90 Å². The third-order valence-electron chi connectivity index (χ3n) is 1.63. The number of nitrogens with one attached hydrogen (secondary N) is 1. The third-order valence-corrected chi connectivity index (χ3v) is 1.87. The first-order valence-electron chi connectivity index (χ1n) is 4.12. The lowest BCUT2D eigenvalue weighted by molar-refractivity contribution is 0.0952. The number of carbonyl (C=O) groups is 1. The van der Waals surface area contributed by atoms with Gasteiger partial charge in [-0.05, 0) is 18.2 Å². The van der Waals surface area contributed by atoms with Gasteiger partial charge in [0.25, 0.3) is 5.91 Å². The van der Waals surface area contributed by atoms with Crippen LogP contribution in [-0.2, 0) is 0 Å². The van der Waals surface area contributed by atoms with E-state index in [1.165, 1.54) is 18.2 Å². The van der Waals surface area contributed by atoms with Crippen molar-refractivity contribution in [3.05, 3.63) is 28.8 Å². The zero-order valence-electron chi connectivity index (χ0n) is 7.46. The van der Waals surface area contributed by atoms with E-state index < -0.39 is 0 Å². The minimum absolute atomic E-state index is 0.0936. The Kier molecular flexibility index (Phi) is 3.73. The van der Waals surface area contributed by atoms with Crippen LogP contribution in [0.2, 0.25) is 5.02 Å². The minimum atomic E-state index is -0.379. The molecule has 0 bridgehead atoms. The Labute approximate surface area is 86.7 Å². The maximum atomic E-state index is 11.4. The second-order valence-electron chi connectivity index (χ2n) is 2.71. The van der Waals surface area contributed by atoms with E-state index >= 15 is 0 Å². The van der Waals surface area contributed by atoms with E-state index in [1.54, 1.807) is 0 Å². The number of phenolic OH excluding ortho intramolecular Hbond substituents is 1. The van der Waals surface area contributed by atoms with Crippen molar-refractivity contribution in [2.24, 2.45) is 5.73 Å². The van der Waals surface area contributed by atoms with Gasteiger partial charge in [-0.15, -0.1) is 0 Å². The fourth-order valence-corrected chi connectivity index (χ4v) is 1.14. The summed E-state index contributed by atoms with van der Waals surface area (Å²) < 4.78 is 0. The van der Waals surface area contributed by atoms with Crippen molar-refractivity contribution in [1.82, 2.24) is 5.32 Å². The summed E-state index contributed by atoms with van der Waals surface area (Å²) in [6.07, 6.45) is 0. The lowest BCUT2D eigenvalue weighted by Gasteiger charge is -2.05. The first-order chi connectivity index (χ1) is 6.65. The quantitative estimate of drug-likeness (QED) is 0.695. The van der Waals surface area contributed by atoms with Crippen LogP contribution in [0.15, 0.2) is 18.2 Å². The van der Waals surface area contributed by atoms with Crippen molar-refractivity contribution in [1.29, 1.82) is 0 Å². The van der Waals surface area contributed by atoms with Crippen molar-refractivity contribution >= 4 is 17.5 Å². The number of amides is 1. The van der Waals surface area contributed by atoms with Gasteiger partial charge < -0.3 is 16.2 Å². The monoisotopic (exact) mass is 214 g/mol. The van der Waals surface area contributed by atoms with E-state index in [2.05, 4.69) is 5.32 Å². The van der Waals surface area contributed by atoms with E-state index in [4.69, 9.17) is 17.3 Å². The molecule has 4 nitrogen and oxygen atoms in total. The summed E-state index contributed by atoms with van der Waals surface area (Å²) in [4.78, 5) is 11.4. The van der Waals surface area contributed by atoms with Crippen LogP contribution < -0.4 is 11.1 Å². The highest BCUT2D eigenvalue weighted by Crippen LogP contribution is 2.20. The molecule has 0 fully saturated rings. The Morgan fingerprint density at radius 3 is 2.93 bits per heavy atom. The van der Waals surface area contributed by atoms with Crippen LogP contribution in [0.5, 0.6) is 5.75 Å². The van der Waals surface area contributed by atoms with Crippen LogP contribution in [0.4, 0.5) is 0 Å². The number of carbonyl (C=O) groups excluding carboxylic acids is 1. The van der Waals surface area contributed by atoms with Crippen molar-refractivity contribution in [2.45, 2.75) is 0 Å². The first-order valence-corrected chi connectivity index (χ1v) is 4.49. The highest BCUT2D eigenvalue weighted by Gasteiger charge is 2.10. The van der Waals surface area contributed by atoms with E-state index in [9.17, 15) is 9.90 Å². The van der Waals surface area contributed by atoms with Gasteiger partial charge in [0.2, 0.25) is 0 Å². The number of halogens is 1. The molecule has 0 spiro atoms. The summed E-state index contributed by atoms with van der Waals surface area (Å²) in [7, 11) is 0. The van der Waals surface area contributed by atoms with Gasteiger partial charge >= 0.3 is 0 Å². The molecule has 0 saturated heterocycles. The average Bonchev–Trinajstić information content (AvgIpc) is 2.18. The summed E-state index contributed by atoms with van der Waals surface area (Å²) in [5.41, 5.74) is 5.38. The lowest BCUT2D eigenvalue weighted by atomic mass is 10.2. The molecule has 0 aliphatic rings. The summed E-state index contributed by atoms with van der Waals surface area (Å²) in [5, 5.41) is 12.3. The molecule has 1 rings (SSSR count). The Bertz CT molecular complexity index is 342. The number of hydrogen-bond acceptors (Lipinski definition) is 3. The highest BCUT2D eigenvalue weighted by molar-refractivity contribution is 6.31. The fraction of sp³-hybridized carbons (Fsp3) is 0.222. The number of nitrogens with two attached hydrogens (primary N) is 1. The van der Waals surface area contributed by atoms with Crippen LogP contribution >= 0.6 is 11.6 Å². The molecule has 0 aliphatic heterocycles. The molecular formula is C9H11ClN2O2. The summed E-state index contributed by atoms with van der Waals surface area (Å²) >= 11 is 5.68. The highest BCUT2D eigenvalue weighted by atomic mass is 35.5. The number of benzene rings is 1. The zero-order valence-corrected chi connectivity index (χ0v) is 8.21. The van der Waals surface area contributed by atoms with E-state index in [1.807, 2.05) is 0 Å². The molecule has 0 atom stereocenters. The maximum Gasteiger partial charge on any atom is 0.255 e. The van der Waals surface area contributed by atoms with Gasteiger partial charge in [-0.25, -0.2) is 0 Å². The molecule has 5 heteroatoms. The van der Waals surface area contributed by atoms with Gasteiger partial charge in [-0.3, -0.25) is 4.79 Å². The number of hydrogen-bond donors (Lipinski definition) is 3. The van der Waals surface area contributed by atoms with Crippen LogP contribution in [0.3, 0.4) is 0 Å². The molecule has 1 aromatic rings. The molecule has 0 heterocycles. The van der Waals surface area contributed by atoms with Gasteiger partial charge in [0, 0.05) is 18.1 Å². The van der Waals surface area contributed by atoms with Gasteiger partial charge in [-0.2, -0.15) is 0 Å². The Morgan fingerprint density at radius 2 is 2.29 bits per heavy atom. The minimum Gasteiger partial charge on any atom is -0.507 e. The smallest absolute Gasteiger partial charge is 0.255 e. The molecule has 0 unspecified atom stereocenters. The Morgan fingerprint density at radius 1 is 1.57 bits per heavy atom. The molecule has 0 radical (unpaired) electrons. The molecule has 1 amide bonds. The Balaban J connectivity index is 2.83. The molecule has 76 valence electrons. The van der Waals surface area contributed by atoms with Crippen LogP contribution in [-0.4, -0.2) is 24.1 Å². The van der Waals surface area contributed by atoms with Crippen molar-refractivity contribution in [3.63, 3.8) is 0 Å². The summed E-state index contributed by atoms with van der Waals surface area (Å²) in [5.74, 6) is -0.473. The molecule has 1 aromatic carbocycles. The van der Waals surface area contributed by atoms with Gasteiger partial charge in [0.15, 0.2) is 0 Å². The normalized spacial score (nSPS) is 9.86. The SMILES string of the molecule is NCCNC(=O)c1cc(Cl)ccc1O. The van der Waals surface area contributed by atoms with E-state index in [-0.39, 0.29) is 17.2 Å². The van der Waals surface area contributed by atoms with Crippen LogP contribution in [0, 0.1) is 0 Å². The predicted molar refractivity (Wildman–Crippen MR) is 54.5 cm³/mol. The molecule has 4 N–H and O–H groups in total.